The fourth-order valence-electron chi connectivity index (χ4n) is 0.817. The fraction of sp³-hybridized carbons (Fsp3) is 0.250. The first-order valence-electron chi connectivity index (χ1n) is 3.36. The Bertz CT molecular complexity index is 268. The van der Waals surface area contributed by atoms with Crippen LogP contribution in [0.2, 0.25) is 0 Å². The highest BCUT2D eigenvalue weighted by Gasteiger charge is 2.02. The third-order valence-corrected chi connectivity index (χ3v) is 1.48. The minimum atomic E-state index is 0.579. The van der Waals surface area contributed by atoms with Gasteiger partial charge in [0.25, 0.3) is 0 Å². The molecule has 0 N–H and O–H groups in total. The van der Waals surface area contributed by atoms with Crippen molar-refractivity contribution in [3.8, 4) is 0 Å². The van der Waals surface area contributed by atoms with Crippen molar-refractivity contribution in [1.82, 2.24) is 0 Å². The van der Waals surface area contributed by atoms with Gasteiger partial charge in [0, 0.05) is 31.9 Å². The Balaban J connectivity index is 2.94. The van der Waals surface area contributed by atoms with Gasteiger partial charge in [-0.05, 0) is 12.1 Å². The largest absolute Gasteiger partial charge is 0.385 e. The molecule has 0 heterocycles. The Hall–Kier alpha value is -1.56. The fourth-order valence-corrected chi connectivity index (χ4v) is 0.817. The summed E-state index contributed by atoms with van der Waals surface area (Å²) in [5, 5.41) is 8.38. The molecule has 0 amide bonds. The SMILES string of the molecule is CN(C)c1ccc([N+]#N)cc1. The highest BCUT2D eigenvalue weighted by Crippen LogP contribution is 2.17. The number of hydrogen-bond donors (Lipinski definition) is 0. The molecule has 1 aromatic rings. The molecule has 11 heavy (non-hydrogen) atoms. The number of diazo groups is 1. The zero-order valence-corrected chi connectivity index (χ0v) is 6.65. The van der Waals surface area contributed by atoms with Gasteiger partial charge in [0.05, 0.1) is 0 Å². The molecule has 0 atom stereocenters. The van der Waals surface area contributed by atoms with Crippen molar-refractivity contribution in [1.29, 1.82) is 5.39 Å². The van der Waals surface area contributed by atoms with Crippen molar-refractivity contribution in [2.75, 3.05) is 19.0 Å². The van der Waals surface area contributed by atoms with Gasteiger partial charge in [-0.2, -0.15) is 0 Å². The highest BCUT2D eigenvalue weighted by atomic mass is 15.1. The molecule has 3 nitrogen and oxygen atoms in total. The minimum absolute atomic E-state index is 0.579. The molecule has 1 rings (SSSR count). The topological polar surface area (TPSA) is 31.4 Å². The van der Waals surface area contributed by atoms with E-state index in [-0.39, 0.29) is 0 Å². The van der Waals surface area contributed by atoms with Crippen molar-refractivity contribution in [2.24, 2.45) is 0 Å². The summed E-state index contributed by atoms with van der Waals surface area (Å²) in [5.74, 6) is 0. The van der Waals surface area contributed by atoms with E-state index >= 15 is 0 Å². The van der Waals surface area contributed by atoms with E-state index in [1.807, 2.05) is 31.1 Å². The molecule has 0 aliphatic rings. The summed E-state index contributed by atoms with van der Waals surface area (Å²) >= 11 is 0. The number of hydrogen-bond acceptors (Lipinski definition) is 2. The van der Waals surface area contributed by atoms with Gasteiger partial charge in [-0.25, -0.2) is 0 Å². The lowest BCUT2D eigenvalue weighted by molar-refractivity contribution is 1.13. The Morgan fingerprint density at radius 3 is 2.09 bits per heavy atom. The molecule has 1 aromatic carbocycles. The molecule has 0 unspecified atom stereocenters. The quantitative estimate of drug-likeness (QED) is 0.572. The summed E-state index contributed by atoms with van der Waals surface area (Å²) in [6, 6.07) is 7.31. The molecule has 0 aromatic heterocycles. The summed E-state index contributed by atoms with van der Waals surface area (Å²) in [6.07, 6.45) is 0. The summed E-state index contributed by atoms with van der Waals surface area (Å²) in [7, 11) is 3.93. The lowest BCUT2D eigenvalue weighted by Gasteiger charge is -2.09. The van der Waals surface area contributed by atoms with Crippen LogP contribution in [-0.4, -0.2) is 14.1 Å². The molecule has 0 radical (unpaired) electrons. The molecule has 0 saturated heterocycles. The van der Waals surface area contributed by atoms with Gasteiger partial charge in [-0.1, -0.05) is 0 Å². The van der Waals surface area contributed by atoms with Crippen molar-refractivity contribution < 1.29 is 0 Å². The van der Waals surface area contributed by atoms with Crippen LogP contribution < -0.4 is 4.90 Å². The van der Waals surface area contributed by atoms with Crippen molar-refractivity contribution in [3.63, 3.8) is 0 Å². The van der Waals surface area contributed by atoms with Crippen LogP contribution in [0.25, 0.3) is 4.98 Å². The second-order valence-electron chi connectivity index (χ2n) is 2.51. The molecule has 0 saturated carbocycles. The summed E-state index contributed by atoms with van der Waals surface area (Å²) in [4.78, 5) is 5.04. The van der Waals surface area contributed by atoms with Crippen LogP contribution in [0.5, 0.6) is 0 Å². The van der Waals surface area contributed by atoms with Crippen LogP contribution in [0, 0.1) is 5.39 Å². The monoisotopic (exact) mass is 148 g/mol. The van der Waals surface area contributed by atoms with E-state index < -0.39 is 0 Å². The normalized spacial score (nSPS) is 8.82. The third-order valence-electron chi connectivity index (χ3n) is 1.48. The standard InChI is InChI=1S/C8H10N3/c1-11(2)8-5-3-7(10-9)4-6-8/h3-6H,1-2H3/q+1. The van der Waals surface area contributed by atoms with Gasteiger partial charge in [-0.3, -0.25) is 0 Å². The number of nitrogens with zero attached hydrogens (tertiary/aromatic N) is 3. The lowest BCUT2D eigenvalue weighted by Crippen LogP contribution is -2.07. The maximum Gasteiger partial charge on any atom is 0.385 e. The lowest BCUT2D eigenvalue weighted by atomic mass is 10.3. The molecule has 0 bridgehead atoms. The number of benzene rings is 1. The minimum Gasteiger partial charge on any atom is -0.378 e. The third kappa shape index (κ3) is 1.68. The van der Waals surface area contributed by atoms with Gasteiger partial charge >= 0.3 is 5.69 Å². The second-order valence-corrected chi connectivity index (χ2v) is 2.51. The van der Waals surface area contributed by atoms with Crippen LogP contribution in [0.1, 0.15) is 0 Å². The Morgan fingerprint density at radius 1 is 1.18 bits per heavy atom. The first-order chi connectivity index (χ1) is 5.24. The average Bonchev–Trinajstić information content (AvgIpc) is 2.05. The van der Waals surface area contributed by atoms with E-state index in [9.17, 15) is 0 Å². The first kappa shape index (κ1) is 7.55. The van der Waals surface area contributed by atoms with E-state index in [0.29, 0.717) is 5.69 Å². The van der Waals surface area contributed by atoms with E-state index in [2.05, 4.69) is 4.98 Å². The van der Waals surface area contributed by atoms with Crippen LogP contribution in [0.4, 0.5) is 11.4 Å². The van der Waals surface area contributed by atoms with Crippen molar-refractivity contribution in [2.45, 2.75) is 0 Å². The maximum atomic E-state index is 8.38. The van der Waals surface area contributed by atoms with E-state index in [1.165, 1.54) is 0 Å². The van der Waals surface area contributed by atoms with Crippen molar-refractivity contribution >= 4 is 11.4 Å². The molecule has 0 aliphatic heterocycles. The second kappa shape index (κ2) is 3.02. The predicted octanol–water partition coefficient (Wildman–Crippen LogP) is 2.24. The van der Waals surface area contributed by atoms with Gasteiger partial charge in [0.15, 0.2) is 4.98 Å². The molecule has 0 fully saturated rings. The highest BCUT2D eigenvalue weighted by molar-refractivity contribution is 5.54. The van der Waals surface area contributed by atoms with Crippen LogP contribution in [0.15, 0.2) is 24.3 Å². The van der Waals surface area contributed by atoms with E-state index in [1.54, 1.807) is 12.1 Å². The van der Waals surface area contributed by atoms with Gasteiger partial charge in [0.1, 0.15) is 0 Å². The molecule has 0 spiro atoms. The zero-order chi connectivity index (χ0) is 8.27. The predicted molar refractivity (Wildman–Crippen MR) is 45.5 cm³/mol. The van der Waals surface area contributed by atoms with Crippen LogP contribution in [0.3, 0.4) is 0 Å². The van der Waals surface area contributed by atoms with Crippen LogP contribution in [-0.2, 0) is 0 Å². The summed E-state index contributed by atoms with van der Waals surface area (Å²) < 4.78 is 0. The van der Waals surface area contributed by atoms with Crippen LogP contribution >= 0.6 is 0 Å². The summed E-state index contributed by atoms with van der Waals surface area (Å²) in [5.41, 5.74) is 1.67. The molecular formula is C8H10N3+. The van der Waals surface area contributed by atoms with Gasteiger partial charge in [-0.15, -0.1) is 0 Å². The Morgan fingerprint density at radius 2 is 1.73 bits per heavy atom. The zero-order valence-electron chi connectivity index (χ0n) is 6.65. The van der Waals surface area contributed by atoms with Gasteiger partial charge < -0.3 is 4.90 Å². The first-order valence-corrected chi connectivity index (χ1v) is 3.36. The average molecular weight is 148 g/mol. The van der Waals surface area contributed by atoms with E-state index in [0.717, 1.165) is 5.69 Å². The number of rotatable bonds is 1. The Kier molecular flexibility index (Phi) is 2.07. The number of anilines is 1. The Labute approximate surface area is 65.9 Å². The summed E-state index contributed by atoms with van der Waals surface area (Å²) in [6.45, 7) is 0. The van der Waals surface area contributed by atoms with Crippen molar-refractivity contribution in [3.05, 3.63) is 29.2 Å². The molecule has 0 aliphatic carbocycles. The molecule has 56 valence electrons. The van der Waals surface area contributed by atoms with E-state index in [4.69, 9.17) is 5.39 Å². The van der Waals surface area contributed by atoms with Gasteiger partial charge in [0.2, 0.25) is 5.39 Å². The molecular weight excluding hydrogens is 138 g/mol. The maximum absolute atomic E-state index is 8.38. The molecule has 3 heteroatoms. The smallest absolute Gasteiger partial charge is 0.378 e.